The Morgan fingerprint density at radius 1 is 1.10 bits per heavy atom. The third kappa shape index (κ3) is 5.52. The van der Waals surface area contributed by atoms with E-state index in [4.69, 9.17) is 9.72 Å². The molecule has 262 valence electrons. The highest BCUT2D eigenvalue weighted by molar-refractivity contribution is 7.99. The number of rotatable bonds is 11. The normalized spacial score (nSPS) is 22.1. The van der Waals surface area contributed by atoms with Crippen molar-refractivity contribution in [2.45, 2.75) is 62.6 Å². The van der Waals surface area contributed by atoms with Crippen molar-refractivity contribution >= 4 is 61.6 Å². The fourth-order valence-electron chi connectivity index (χ4n) is 8.14. The Hall–Kier alpha value is -3.51. The van der Waals surface area contributed by atoms with Crippen LogP contribution in [0.4, 0.5) is 24.0 Å². The standard InChI is InChI=1S/C36H39F3N8OS2/c1-41-33-22(13-40)26-27(24(37)12-25(38)31(26)50-33)30-28(39)29-23(14-42-30)32(46(4)18-36(45(2)3)8-5-9-36)44-34(43-29)48-19-35(10-11-35)17-47-20-6-7-21(47)16-49-15-20/h12,14,20-21H,1,5-11,15-19H2,2-4H3. The zero-order chi connectivity index (χ0) is 34.9. The van der Waals surface area contributed by atoms with E-state index in [1.165, 1.54) is 30.5 Å². The molecule has 2 atom stereocenters. The van der Waals surface area contributed by atoms with Crippen LogP contribution in [0.2, 0.25) is 0 Å². The van der Waals surface area contributed by atoms with E-state index >= 15 is 8.78 Å². The highest BCUT2D eigenvalue weighted by atomic mass is 32.2. The van der Waals surface area contributed by atoms with E-state index in [2.05, 4.69) is 57.3 Å². The number of hydrogen-bond donors (Lipinski definition) is 0. The third-order valence-corrected chi connectivity index (χ3v) is 13.9. The minimum Gasteiger partial charge on any atom is -0.463 e. The maximum Gasteiger partial charge on any atom is 0.319 e. The Balaban J connectivity index is 1.21. The van der Waals surface area contributed by atoms with Gasteiger partial charge in [0.15, 0.2) is 5.82 Å². The number of aliphatic imine (C=N–C) groups is 1. The van der Waals surface area contributed by atoms with Crippen molar-refractivity contribution in [3.63, 3.8) is 0 Å². The number of likely N-dealkylation sites (N-methyl/N-ethyl adjacent to an activating group) is 2. The van der Waals surface area contributed by atoms with Gasteiger partial charge in [0.25, 0.3) is 0 Å². The number of pyridine rings is 1. The Morgan fingerprint density at radius 2 is 1.84 bits per heavy atom. The van der Waals surface area contributed by atoms with Gasteiger partial charge in [0.05, 0.1) is 22.3 Å². The topological polar surface area (TPSA) is 93.8 Å². The number of benzene rings is 1. The van der Waals surface area contributed by atoms with Crippen molar-refractivity contribution in [3.05, 3.63) is 35.3 Å². The minimum atomic E-state index is -1.05. The summed E-state index contributed by atoms with van der Waals surface area (Å²) in [6.45, 7) is 5.50. The van der Waals surface area contributed by atoms with Gasteiger partial charge >= 0.3 is 6.01 Å². The summed E-state index contributed by atoms with van der Waals surface area (Å²) in [5.41, 5.74) is -0.946. The number of fused-ring (bicyclic) bond motifs is 4. The molecule has 3 aromatic heterocycles. The molecule has 2 saturated heterocycles. The number of anilines is 1. The Bertz CT molecular complexity index is 2040. The fraction of sp³-hybridized carbons (Fsp3) is 0.528. The number of thioether (sulfide) groups is 1. The largest absolute Gasteiger partial charge is 0.463 e. The third-order valence-electron chi connectivity index (χ3n) is 11.5. The van der Waals surface area contributed by atoms with Crippen molar-refractivity contribution in [1.82, 2.24) is 24.8 Å². The summed E-state index contributed by atoms with van der Waals surface area (Å²) in [4.78, 5) is 24.6. The molecule has 0 spiro atoms. The van der Waals surface area contributed by atoms with Crippen molar-refractivity contribution < 1.29 is 17.9 Å². The van der Waals surface area contributed by atoms with Crippen LogP contribution < -0.4 is 9.64 Å². The van der Waals surface area contributed by atoms with Crippen LogP contribution in [0.3, 0.4) is 0 Å². The minimum absolute atomic E-state index is 0.00246. The van der Waals surface area contributed by atoms with Gasteiger partial charge < -0.3 is 14.5 Å². The molecular weight excluding hydrogens is 682 g/mol. The molecule has 14 heteroatoms. The molecule has 2 bridgehead atoms. The van der Waals surface area contributed by atoms with Crippen LogP contribution in [-0.2, 0) is 0 Å². The van der Waals surface area contributed by atoms with Gasteiger partial charge in [-0.1, -0.05) is 0 Å². The first kappa shape index (κ1) is 33.6. The van der Waals surface area contributed by atoms with Crippen LogP contribution >= 0.6 is 23.1 Å². The monoisotopic (exact) mass is 720 g/mol. The summed E-state index contributed by atoms with van der Waals surface area (Å²) in [6, 6.07) is 3.93. The molecule has 4 aliphatic rings. The number of nitriles is 1. The highest BCUT2D eigenvalue weighted by Gasteiger charge is 2.49. The molecule has 5 heterocycles. The predicted molar refractivity (Wildman–Crippen MR) is 193 cm³/mol. The van der Waals surface area contributed by atoms with Crippen LogP contribution in [0, 0.1) is 34.2 Å². The van der Waals surface area contributed by atoms with Gasteiger partial charge in [0, 0.05) is 77.9 Å². The predicted octanol–water partition coefficient (Wildman–Crippen LogP) is 7.19. The average Bonchev–Trinajstić information content (AvgIpc) is 3.69. The molecule has 50 heavy (non-hydrogen) atoms. The van der Waals surface area contributed by atoms with E-state index in [1.807, 2.05) is 18.0 Å². The summed E-state index contributed by atoms with van der Waals surface area (Å²) in [6.07, 6.45) is 9.19. The van der Waals surface area contributed by atoms with E-state index in [-0.39, 0.29) is 54.4 Å². The number of nitrogens with zero attached hydrogens (tertiary/aromatic N) is 8. The quantitative estimate of drug-likeness (QED) is 0.149. The van der Waals surface area contributed by atoms with Gasteiger partial charge in [-0.25, -0.2) is 13.2 Å². The maximum absolute atomic E-state index is 16.9. The summed E-state index contributed by atoms with van der Waals surface area (Å²) >= 11 is 2.90. The van der Waals surface area contributed by atoms with E-state index < -0.39 is 17.5 Å². The molecule has 0 radical (unpaired) electrons. The van der Waals surface area contributed by atoms with Gasteiger partial charge in [0.1, 0.15) is 39.7 Å². The lowest BCUT2D eigenvalue weighted by Gasteiger charge is -2.49. The first-order valence-electron chi connectivity index (χ1n) is 17.1. The lowest BCUT2D eigenvalue weighted by atomic mass is 9.75. The van der Waals surface area contributed by atoms with Gasteiger partial charge in [-0.2, -0.15) is 27.0 Å². The summed E-state index contributed by atoms with van der Waals surface area (Å²) in [5, 5.41) is 10.3. The molecule has 9 nitrogen and oxygen atoms in total. The lowest BCUT2D eigenvalue weighted by molar-refractivity contribution is 0.0682. The Kier molecular flexibility index (Phi) is 8.48. The smallest absolute Gasteiger partial charge is 0.319 e. The second-order valence-corrected chi connectivity index (χ2v) is 16.8. The Morgan fingerprint density at radius 3 is 2.46 bits per heavy atom. The lowest BCUT2D eigenvalue weighted by Crippen LogP contribution is -2.56. The zero-order valence-corrected chi connectivity index (χ0v) is 30.1. The molecule has 1 aromatic carbocycles. The van der Waals surface area contributed by atoms with Crippen molar-refractivity contribution in [1.29, 1.82) is 5.26 Å². The maximum atomic E-state index is 16.9. The van der Waals surface area contributed by atoms with Crippen molar-refractivity contribution in [2.24, 2.45) is 10.4 Å². The van der Waals surface area contributed by atoms with Crippen LogP contribution in [-0.4, -0.2) is 101 Å². The molecule has 8 rings (SSSR count). The van der Waals surface area contributed by atoms with Crippen LogP contribution in [0.5, 0.6) is 6.01 Å². The van der Waals surface area contributed by atoms with Gasteiger partial charge in [-0.3, -0.25) is 14.9 Å². The zero-order valence-electron chi connectivity index (χ0n) is 28.4. The van der Waals surface area contributed by atoms with E-state index in [1.54, 1.807) is 0 Å². The summed E-state index contributed by atoms with van der Waals surface area (Å²) in [7, 11) is 6.06. The first-order valence-corrected chi connectivity index (χ1v) is 19.1. The molecule has 2 unspecified atom stereocenters. The molecule has 2 saturated carbocycles. The second kappa shape index (κ2) is 12.6. The number of halogens is 3. The average molecular weight is 721 g/mol. The fourth-order valence-corrected chi connectivity index (χ4v) is 10.5. The van der Waals surface area contributed by atoms with Crippen LogP contribution in [0.15, 0.2) is 17.3 Å². The first-order chi connectivity index (χ1) is 24.1. The molecule has 0 amide bonds. The Labute approximate surface area is 297 Å². The van der Waals surface area contributed by atoms with E-state index in [9.17, 15) is 9.65 Å². The number of thiophene rings is 1. The summed E-state index contributed by atoms with van der Waals surface area (Å²) in [5.74, 6) is -0.0235. The molecular formula is C36H39F3N8OS2. The molecule has 2 aliphatic carbocycles. The van der Waals surface area contributed by atoms with Gasteiger partial charge in [0.2, 0.25) is 0 Å². The highest BCUT2D eigenvalue weighted by Crippen LogP contribution is 2.50. The van der Waals surface area contributed by atoms with Crippen molar-refractivity contribution in [3.8, 4) is 23.3 Å². The van der Waals surface area contributed by atoms with Gasteiger partial charge in [-0.05, 0) is 65.8 Å². The number of hydrogen-bond acceptors (Lipinski definition) is 11. The molecule has 4 aromatic rings. The molecule has 0 N–H and O–H groups in total. The van der Waals surface area contributed by atoms with Crippen LogP contribution in [0.25, 0.3) is 32.2 Å². The van der Waals surface area contributed by atoms with Crippen LogP contribution in [0.1, 0.15) is 50.5 Å². The summed E-state index contributed by atoms with van der Waals surface area (Å²) < 4.78 is 54.0. The van der Waals surface area contributed by atoms with E-state index in [0.717, 1.165) is 50.0 Å². The van der Waals surface area contributed by atoms with Gasteiger partial charge in [-0.15, -0.1) is 11.3 Å². The molecule has 2 aliphatic heterocycles. The SMILES string of the molecule is C=Nc1sc2c(F)cc(F)c(-c3ncc4c(N(C)CC5(N(C)C)CCC5)nc(OCC5(CN6C7CCC6CSC7)CC5)nc4c3F)c2c1C#N. The van der Waals surface area contributed by atoms with E-state index in [0.29, 0.717) is 42.5 Å². The second-order valence-electron chi connectivity index (χ2n) is 14.7. The molecule has 4 fully saturated rings. The number of aromatic nitrogens is 3. The van der Waals surface area contributed by atoms with Crippen molar-refractivity contribution in [2.75, 3.05) is 57.2 Å². The number of ether oxygens (including phenoxy) is 1.